The van der Waals surface area contributed by atoms with Gasteiger partial charge < -0.3 is 10.0 Å². The number of nitrogens with zero attached hydrogens (tertiary/aromatic N) is 2. The molecule has 2 fully saturated rings. The summed E-state index contributed by atoms with van der Waals surface area (Å²) in [6.07, 6.45) is 2.96. The highest BCUT2D eigenvalue weighted by molar-refractivity contribution is 7.90. The summed E-state index contributed by atoms with van der Waals surface area (Å²) < 4.78 is 25.8. The normalized spacial score (nSPS) is 26.0. The lowest BCUT2D eigenvalue weighted by molar-refractivity contribution is -0.134. The van der Waals surface area contributed by atoms with E-state index < -0.39 is 21.5 Å². The molecule has 25 heavy (non-hydrogen) atoms. The lowest BCUT2D eigenvalue weighted by Crippen LogP contribution is -2.45. The van der Waals surface area contributed by atoms with E-state index in [1.165, 1.54) is 12.1 Å². The van der Waals surface area contributed by atoms with Crippen molar-refractivity contribution in [3.05, 3.63) is 29.8 Å². The Morgan fingerprint density at radius 1 is 1.28 bits per heavy atom. The van der Waals surface area contributed by atoms with E-state index in [-0.39, 0.29) is 35.4 Å². The largest absolute Gasteiger partial charge is 0.388 e. The third-order valence-electron chi connectivity index (χ3n) is 5.40. The van der Waals surface area contributed by atoms with Crippen LogP contribution in [0.5, 0.6) is 0 Å². The number of carbonyl (C=O) groups is 2. The maximum atomic E-state index is 12.6. The van der Waals surface area contributed by atoms with E-state index >= 15 is 0 Å². The molecule has 1 aromatic rings. The summed E-state index contributed by atoms with van der Waals surface area (Å²) in [5.41, 5.74) is -0.612. The molecule has 3 aliphatic rings. The van der Waals surface area contributed by atoms with Gasteiger partial charge in [0.25, 0.3) is 15.9 Å². The quantitative estimate of drug-likeness (QED) is 0.850. The summed E-state index contributed by atoms with van der Waals surface area (Å²) in [5.74, 6) is -0.788. The second kappa shape index (κ2) is 5.54. The maximum Gasteiger partial charge on any atom is 0.269 e. The summed E-state index contributed by atoms with van der Waals surface area (Å²) >= 11 is 0. The minimum absolute atomic E-state index is 0.00112. The Balaban J connectivity index is 1.47. The van der Waals surface area contributed by atoms with Crippen molar-refractivity contribution in [3.8, 4) is 0 Å². The van der Waals surface area contributed by atoms with Crippen molar-refractivity contribution in [3.63, 3.8) is 0 Å². The van der Waals surface area contributed by atoms with Gasteiger partial charge in [-0.05, 0) is 37.8 Å². The highest BCUT2D eigenvalue weighted by Crippen LogP contribution is 2.44. The lowest BCUT2D eigenvalue weighted by Gasteiger charge is -2.29. The fraction of sp³-hybridized carbons (Fsp3) is 0.529. The van der Waals surface area contributed by atoms with Gasteiger partial charge in [-0.2, -0.15) is 0 Å². The molecule has 1 N–H and O–H groups in total. The lowest BCUT2D eigenvalue weighted by atomic mass is 10.1. The fourth-order valence-corrected chi connectivity index (χ4v) is 5.45. The van der Waals surface area contributed by atoms with Gasteiger partial charge in [-0.25, -0.2) is 12.7 Å². The molecule has 1 saturated heterocycles. The first-order chi connectivity index (χ1) is 11.8. The number of carbonyl (C=O) groups excluding carboxylic acids is 2. The zero-order valence-corrected chi connectivity index (χ0v) is 14.5. The predicted octanol–water partition coefficient (Wildman–Crippen LogP) is 0.737. The highest BCUT2D eigenvalue weighted by atomic mass is 32.2. The number of rotatable bonds is 4. The van der Waals surface area contributed by atoms with Crippen molar-refractivity contribution in [2.75, 3.05) is 13.1 Å². The molecule has 134 valence electrons. The Kier molecular flexibility index (Phi) is 3.66. The number of sulfonamides is 1. The average molecular weight is 364 g/mol. The van der Waals surface area contributed by atoms with Crippen LogP contribution in [-0.2, 0) is 14.8 Å². The molecule has 1 aromatic carbocycles. The van der Waals surface area contributed by atoms with E-state index in [0.717, 1.165) is 17.1 Å². The van der Waals surface area contributed by atoms with Gasteiger partial charge in [0.15, 0.2) is 0 Å². The number of likely N-dealkylation sites (tertiary alicyclic amines) is 1. The third kappa shape index (κ3) is 2.55. The van der Waals surface area contributed by atoms with Gasteiger partial charge in [0, 0.05) is 19.5 Å². The molecule has 1 atom stereocenters. The van der Waals surface area contributed by atoms with E-state index in [4.69, 9.17) is 0 Å². The molecule has 1 saturated carbocycles. The van der Waals surface area contributed by atoms with Crippen LogP contribution in [0.15, 0.2) is 29.2 Å². The van der Waals surface area contributed by atoms with Crippen LogP contribution in [0.3, 0.4) is 0 Å². The van der Waals surface area contributed by atoms with Gasteiger partial charge in [-0.15, -0.1) is 0 Å². The van der Waals surface area contributed by atoms with Gasteiger partial charge in [0.2, 0.25) is 5.91 Å². The molecule has 0 radical (unpaired) electrons. The standard InChI is InChI=1S/C17H20N2O5S/c20-15(18-10-3-6-14(18)17(22)8-9-17)7-11-19-16(21)12-4-1-2-5-13(12)25(19,23)24/h1-2,4-5,14,22H,3,6-11H2. The van der Waals surface area contributed by atoms with Crippen molar-refractivity contribution in [2.24, 2.45) is 0 Å². The van der Waals surface area contributed by atoms with Crippen LogP contribution in [0.2, 0.25) is 0 Å². The Hall–Kier alpha value is -1.93. The number of hydrogen-bond acceptors (Lipinski definition) is 5. The minimum atomic E-state index is -3.88. The number of benzene rings is 1. The summed E-state index contributed by atoms with van der Waals surface area (Å²) in [5, 5.41) is 10.3. The number of aliphatic hydroxyl groups is 1. The summed E-state index contributed by atoms with van der Waals surface area (Å²) in [6, 6.07) is 5.90. The van der Waals surface area contributed by atoms with E-state index in [9.17, 15) is 23.1 Å². The fourth-order valence-electron chi connectivity index (χ4n) is 3.88. The van der Waals surface area contributed by atoms with Crippen LogP contribution in [0.4, 0.5) is 0 Å². The van der Waals surface area contributed by atoms with Gasteiger partial charge in [0.05, 0.1) is 17.2 Å². The molecule has 8 heteroatoms. The van der Waals surface area contributed by atoms with Gasteiger partial charge >= 0.3 is 0 Å². The predicted molar refractivity (Wildman–Crippen MR) is 88.2 cm³/mol. The topological polar surface area (TPSA) is 95.0 Å². The molecule has 0 spiro atoms. The first-order valence-electron chi connectivity index (χ1n) is 8.52. The molecule has 4 rings (SSSR count). The molecule has 2 amide bonds. The summed E-state index contributed by atoms with van der Waals surface area (Å²) in [7, 11) is -3.88. The number of amides is 2. The number of fused-ring (bicyclic) bond motifs is 1. The molecule has 0 aromatic heterocycles. The van der Waals surface area contributed by atoms with Crippen molar-refractivity contribution in [1.29, 1.82) is 0 Å². The number of hydrogen-bond donors (Lipinski definition) is 1. The minimum Gasteiger partial charge on any atom is -0.388 e. The second-order valence-electron chi connectivity index (χ2n) is 6.98. The Labute approximate surface area is 146 Å². The molecule has 1 aliphatic carbocycles. The van der Waals surface area contributed by atoms with Crippen molar-refractivity contribution < 1.29 is 23.1 Å². The average Bonchev–Trinajstić information content (AvgIpc) is 3.08. The molecule has 2 aliphatic heterocycles. The molecule has 1 unspecified atom stereocenters. The van der Waals surface area contributed by atoms with E-state index in [1.807, 2.05) is 0 Å². The van der Waals surface area contributed by atoms with Crippen LogP contribution < -0.4 is 0 Å². The van der Waals surface area contributed by atoms with Gasteiger partial charge in [-0.3, -0.25) is 9.59 Å². The van der Waals surface area contributed by atoms with E-state index in [0.29, 0.717) is 19.4 Å². The Morgan fingerprint density at radius 2 is 2.00 bits per heavy atom. The van der Waals surface area contributed by atoms with Crippen LogP contribution >= 0.6 is 0 Å². The van der Waals surface area contributed by atoms with Crippen molar-refractivity contribution in [1.82, 2.24) is 9.21 Å². The molecular formula is C17H20N2O5S. The molecule has 2 heterocycles. The molecule has 7 nitrogen and oxygen atoms in total. The SMILES string of the molecule is O=C(CCN1C(=O)c2ccccc2S1(=O)=O)N1CCCC1C1(O)CC1. The molecule has 0 bridgehead atoms. The van der Waals surface area contributed by atoms with Crippen LogP contribution in [0.25, 0.3) is 0 Å². The zero-order valence-electron chi connectivity index (χ0n) is 13.7. The Bertz CT molecular complexity index is 846. The van der Waals surface area contributed by atoms with Crippen LogP contribution in [0.1, 0.15) is 42.5 Å². The van der Waals surface area contributed by atoms with E-state index in [2.05, 4.69) is 0 Å². The summed E-state index contributed by atoms with van der Waals surface area (Å²) in [6.45, 7) is 0.406. The second-order valence-corrected chi connectivity index (χ2v) is 8.81. The van der Waals surface area contributed by atoms with Crippen LogP contribution in [0, 0.1) is 0 Å². The van der Waals surface area contributed by atoms with Crippen LogP contribution in [-0.4, -0.2) is 59.3 Å². The highest BCUT2D eigenvalue weighted by Gasteiger charge is 2.52. The van der Waals surface area contributed by atoms with Gasteiger partial charge in [0.1, 0.15) is 4.90 Å². The zero-order chi connectivity index (χ0) is 17.8. The van der Waals surface area contributed by atoms with Crippen molar-refractivity contribution >= 4 is 21.8 Å². The van der Waals surface area contributed by atoms with E-state index in [1.54, 1.807) is 17.0 Å². The first-order valence-corrected chi connectivity index (χ1v) is 9.96. The maximum absolute atomic E-state index is 12.6. The molecular weight excluding hydrogens is 344 g/mol. The third-order valence-corrected chi connectivity index (χ3v) is 7.24. The Morgan fingerprint density at radius 3 is 2.68 bits per heavy atom. The van der Waals surface area contributed by atoms with Crippen molar-refractivity contribution in [2.45, 2.75) is 48.6 Å². The van der Waals surface area contributed by atoms with Gasteiger partial charge in [-0.1, -0.05) is 12.1 Å². The smallest absolute Gasteiger partial charge is 0.269 e. The first kappa shape index (κ1) is 16.5. The monoisotopic (exact) mass is 364 g/mol. The summed E-state index contributed by atoms with van der Waals surface area (Å²) in [4.78, 5) is 26.6.